The van der Waals surface area contributed by atoms with Crippen molar-refractivity contribution >= 4 is 12.3 Å². The van der Waals surface area contributed by atoms with Crippen LogP contribution in [0.2, 0.25) is 0 Å². The first-order chi connectivity index (χ1) is 8.33. The van der Waals surface area contributed by atoms with Gasteiger partial charge in [-0.1, -0.05) is 33.3 Å². The highest BCUT2D eigenvalue weighted by molar-refractivity contribution is 5.92. The fourth-order valence-corrected chi connectivity index (χ4v) is 4.30. The first-order valence-electron chi connectivity index (χ1n) is 6.71. The van der Waals surface area contributed by atoms with E-state index in [1.165, 1.54) is 0 Å². The minimum atomic E-state index is -0.935. The molecule has 0 heterocycles. The second-order valence-electron chi connectivity index (χ2n) is 6.71. The quantitative estimate of drug-likeness (QED) is 0.766. The molecular formula is C15H22O3. The van der Waals surface area contributed by atoms with Crippen LogP contribution in [0.5, 0.6) is 0 Å². The monoisotopic (exact) mass is 250 g/mol. The van der Waals surface area contributed by atoms with E-state index >= 15 is 0 Å². The summed E-state index contributed by atoms with van der Waals surface area (Å²) in [5.41, 5.74) is 0.308. The SMILES string of the molecule is CC1(C)CCCC2(C)C(C=O)C(C(=O)O)=CCC12. The second-order valence-corrected chi connectivity index (χ2v) is 6.71. The fourth-order valence-electron chi connectivity index (χ4n) is 4.30. The van der Waals surface area contributed by atoms with Gasteiger partial charge in [0.15, 0.2) is 0 Å². The largest absolute Gasteiger partial charge is 0.478 e. The molecular weight excluding hydrogens is 228 g/mol. The second kappa shape index (κ2) is 4.22. The van der Waals surface area contributed by atoms with Crippen molar-refractivity contribution in [3.63, 3.8) is 0 Å². The standard InChI is InChI=1S/C15H22O3/c1-14(2)7-4-8-15(3)11(9-16)10(13(17)18)5-6-12(14)15/h5,9,11-12H,4,6-8H2,1-3H3,(H,17,18). The van der Waals surface area contributed by atoms with Gasteiger partial charge >= 0.3 is 5.97 Å². The third-order valence-electron chi connectivity index (χ3n) is 5.28. The topological polar surface area (TPSA) is 54.4 Å². The first-order valence-corrected chi connectivity index (χ1v) is 6.71. The Morgan fingerprint density at radius 3 is 2.61 bits per heavy atom. The predicted molar refractivity (Wildman–Crippen MR) is 69.1 cm³/mol. The van der Waals surface area contributed by atoms with E-state index < -0.39 is 11.9 Å². The van der Waals surface area contributed by atoms with Crippen LogP contribution in [0.4, 0.5) is 0 Å². The van der Waals surface area contributed by atoms with Gasteiger partial charge in [0.1, 0.15) is 6.29 Å². The zero-order chi connectivity index (χ0) is 13.6. The van der Waals surface area contributed by atoms with Gasteiger partial charge in [-0.3, -0.25) is 0 Å². The number of carboxylic acid groups (broad SMARTS) is 1. The zero-order valence-corrected chi connectivity index (χ0v) is 11.4. The van der Waals surface area contributed by atoms with Gasteiger partial charge in [0.05, 0.1) is 5.92 Å². The fraction of sp³-hybridized carbons (Fsp3) is 0.733. The minimum Gasteiger partial charge on any atom is -0.478 e. The van der Waals surface area contributed by atoms with E-state index in [9.17, 15) is 14.7 Å². The summed E-state index contributed by atoms with van der Waals surface area (Å²) >= 11 is 0. The number of fused-ring (bicyclic) bond motifs is 1. The van der Waals surface area contributed by atoms with Crippen LogP contribution < -0.4 is 0 Å². The maximum Gasteiger partial charge on any atom is 0.331 e. The highest BCUT2D eigenvalue weighted by Gasteiger charge is 2.53. The van der Waals surface area contributed by atoms with Gasteiger partial charge < -0.3 is 9.90 Å². The van der Waals surface area contributed by atoms with Gasteiger partial charge in [-0.2, -0.15) is 0 Å². The van der Waals surface area contributed by atoms with E-state index in [2.05, 4.69) is 20.8 Å². The normalized spacial score (nSPS) is 38.5. The molecule has 2 rings (SSSR count). The number of rotatable bonds is 2. The summed E-state index contributed by atoms with van der Waals surface area (Å²) in [6.45, 7) is 6.60. The molecule has 1 fully saturated rings. The van der Waals surface area contributed by atoms with Gasteiger partial charge in [-0.25, -0.2) is 4.79 Å². The van der Waals surface area contributed by atoms with E-state index in [0.717, 1.165) is 32.0 Å². The Kier molecular flexibility index (Phi) is 3.12. The van der Waals surface area contributed by atoms with Crippen LogP contribution in [0.3, 0.4) is 0 Å². The lowest BCUT2D eigenvalue weighted by molar-refractivity contribution is -0.138. The summed E-state index contributed by atoms with van der Waals surface area (Å²) in [5, 5.41) is 9.25. The third-order valence-corrected chi connectivity index (χ3v) is 5.28. The molecule has 0 aromatic rings. The van der Waals surface area contributed by atoms with Crippen molar-refractivity contribution in [2.24, 2.45) is 22.7 Å². The zero-order valence-electron chi connectivity index (χ0n) is 11.4. The molecule has 0 aliphatic heterocycles. The molecule has 3 atom stereocenters. The molecule has 3 nitrogen and oxygen atoms in total. The molecule has 0 saturated heterocycles. The van der Waals surface area contributed by atoms with Crippen molar-refractivity contribution in [3.8, 4) is 0 Å². The summed E-state index contributed by atoms with van der Waals surface area (Å²) < 4.78 is 0. The lowest BCUT2D eigenvalue weighted by Gasteiger charge is -2.55. The van der Waals surface area contributed by atoms with Crippen molar-refractivity contribution < 1.29 is 14.7 Å². The van der Waals surface area contributed by atoms with Crippen LogP contribution >= 0.6 is 0 Å². The number of aliphatic carboxylic acids is 1. The van der Waals surface area contributed by atoms with Gasteiger partial charge in [-0.15, -0.1) is 0 Å². The van der Waals surface area contributed by atoms with E-state index in [1.54, 1.807) is 6.08 Å². The molecule has 0 spiro atoms. The maximum atomic E-state index is 11.4. The summed E-state index contributed by atoms with van der Waals surface area (Å²) in [4.78, 5) is 22.7. The van der Waals surface area contributed by atoms with E-state index in [4.69, 9.17) is 0 Å². The number of hydrogen-bond donors (Lipinski definition) is 1. The smallest absolute Gasteiger partial charge is 0.331 e. The van der Waals surface area contributed by atoms with Gasteiger partial charge in [0.25, 0.3) is 0 Å². The number of carbonyl (C=O) groups is 2. The number of aldehydes is 1. The average Bonchev–Trinajstić information content (AvgIpc) is 2.26. The Hall–Kier alpha value is -1.12. The molecule has 100 valence electrons. The minimum absolute atomic E-state index is 0.189. The third kappa shape index (κ3) is 1.80. The van der Waals surface area contributed by atoms with Crippen LogP contribution in [-0.4, -0.2) is 17.4 Å². The van der Waals surface area contributed by atoms with E-state index in [1.807, 2.05) is 0 Å². The lowest BCUT2D eigenvalue weighted by Crippen LogP contribution is -2.50. The molecule has 2 aliphatic carbocycles. The molecule has 18 heavy (non-hydrogen) atoms. The van der Waals surface area contributed by atoms with E-state index in [-0.39, 0.29) is 10.8 Å². The van der Waals surface area contributed by atoms with Crippen LogP contribution in [0, 0.1) is 22.7 Å². The summed E-state index contributed by atoms with van der Waals surface area (Å²) in [6.07, 6.45) is 6.62. The Morgan fingerprint density at radius 2 is 2.06 bits per heavy atom. The number of allylic oxidation sites excluding steroid dienone is 1. The van der Waals surface area contributed by atoms with Crippen molar-refractivity contribution in [3.05, 3.63) is 11.6 Å². The van der Waals surface area contributed by atoms with Crippen LogP contribution in [-0.2, 0) is 9.59 Å². The van der Waals surface area contributed by atoms with E-state index in [0.29, 0.717) is 11.5 Å². The summed E-state index contributed by atoms with van der Waals surface area (Å²) in [5.74, 6) is -0.986. The van der Waals surface area contributed by atoms with Crippen molar-refractivity contribution in [2.75, 3.05) is 0 Å². The Morgan fingerprint density at radius 1 is 1.39 bits per heavy atom. The van der Waals surface area contributed by atoms with Gasteiger partial charge in [-0.05, 0) is 36.0 Å². The molecule has 0 aromatic heterocycles. The highest BCUT2D eigenvalue weighted by atomic mass is 16.4. The molecule has 0 aromatic carbocycles. The number of carboxylic acids is 1. The molecule has 0 bridgehead atoms. The Bertz CT molecular complexity index is 408. The van der Waals surface area contributed by atoms with Crippen molar-refractivity contribution in [1.29, 1.82) is 0 Å². The van der Waals surface area contributed by atoms with Gasteiger partial charge in [0.2, 0.25) is 0 Å². The predicted octanol–water partition coefficient (Wildman–Crippen LogP) is 3.05. The summed E-state index contributed by atoms with van der Waals surface area (Å²) in [7, 11) is 0. The average molecular weight is 250 g/mol. The summed E-state index contributed by atoms with van der Waals surface area (Å²) in [6, 6.07) is 0. The maximum absolute atomic E-state index is 11.4. The molecule has 3 unspecified atom stereocenters. The van der Waals surface area contributed by atoms with Crippen LogP contribution in [0.15, 0.2) is 11.6 Å². The number of carbonyl (C=O) groups excluding carboxylic acids is 1. The van der Waals surface area contributed by atoms with Gasteiger partial charge in [0, 0.05) is 5.57 Å². The first kappa shape index (κ1) is 13.3. The highest BCUT2D eigenvalue weighted by Crippen LogP contribution is 2.59. The van der Waals surface area contributed by atoms with Crippen LogP contribution in [0.1, 0.15) is 46.5 Å². The van der Waals surface area contributed by atoms with Crippen molar-refractivity contribution in [1.82, 2.24) is 0 Å². The Labute approximate surface area is 108 Å². The molecule has 0 amide bonds. The van der Waals surface area contributed by atoms with Crippen molar-refractivity contribution in [2.45, 2.75) is 46.5 Å². The molecule has 2 aliphatic rings. The molecule has 1 saturated carbocycles. The molecule has 3 heteroatoms. The lowest BCUT2D eigenvalue weighted by atomic mass is 9.49. The molecule has 1 N–H and O–H groups in total. The molecule has 0 radical (unpaired) electrons. The van der Waals surface area contributed by atoms with Crippen LogP contribution in [0.25, 0.3) is 0 Å². The number of hydrogen-bond acceptors (Lipinski definition) is 2. The Balaban J connectivity index is 2.47.